The van der Waals surface area contributed by atoms with E-state index in [1.807, 2.05) is 24.3 Å². The number of hydrogen-bond acceptors (Lipinski definition) is 7. The van der Waals surface area contributed by atoms with Gasteiger partial charge < -0.3 is 14.1 Å². The third-order valence-electron chi connectivity index (χ3n) is 6.82. The highest BCUT2D eigenvalue weighted by Gasteiger charge is 2.42. The molecule has 0 atom stereocenters. The molecule has 2 aromatic carbocycles. The van der Waals surface area contributed by atoms with Crippen molar-refractivity contribution in [2.45, 2.75) is 43.5 Å². The predicted octanol–water partition coefficient (Wildman–Crippen LogP) is 3.26. The second-order valence-corrected chi connectivity index (χ2v) is 10.8. The molecule has 3 aromatic rings. The number of nitrogens with zero attached hydrogens (tertiary/aromatic N) is 3. The van der Waals surface area contributed by atoms with Crippen LogP contribution in [-0.4, -0.2) is 60.9 Å². The molecule has 1 aromatic heterocycles. The molecule has 0 bridgehead atoms. The molecular weight excluding hydrogens is 470 g/mol. The average Bonchev–Trinajstić information content (AvgIpc) is 3.28. The first-order valence-corrected chi connectivity index (χ1v) is 13.5. The monoisotopic (exact) mass is 499 g/mol. The highest BCUT2D eigenvalue weighted by molar-refractivity contribution is 7.90. The second kappa shape index (κ2) is 9.50. The van der Waals surface area contributed by atoms with E-state index >= 15 is 0 Å². The number of rotatable bonds is 8. The minimum Gasteiger partial charge on any atom is -0.493 e. The first-order valence-electron chi connectivity index (χ1n) is 12.1. The second-order valence-electron chi connectivity index (χ2n) is 8.93. The fraction of sp³-hybridized carbons (Fsp3) is 0.440. The van der Waals surface area contributed by atoms with E-state index in [4.69, 9.17) is 9.15 Å². The van der Waals surface area contributed by atoms with E-state index in [1.165, 1.54) is 6.07 Å². The standard InChI is InChI=1S/C25H29N3O6S/c1-2-33-21-10-7-11-22-23(21)24(29)27(35(22,31)32)15-6-5-14-26-16-12-18(13-17-26)28-19-8-3-4-9-20(19)34-25(28)30/h3-4,7-11,18H,2,5-6,12-17H2,1H3. The minimum absolute atomic E-state index is 0.0255. The van der Waals surface area contributed by atoms with Crippen molar-refractivity contribution in [3.05, 3.63) is 58.6 Å². The number of hydrogen-bond donors (Lipinski definition) is 0. The van der Waals surface area contributed by atoms with E-state index in [-0.39, 0.29) is 28.8 Å². The molecule has 3 heterocycles. The van der Waals surface area contributed by atoms with Gasteiger partial charge >= 0.3 is 5.76 Å². The van der Waals surface area contributed by atoms with Crippen LogP contribution in [0.2, 0.25) is 0 Å². The summed E-state index contributed by atoms with van der Waals surface area (Å²) in [5.41, 5.74) is 1.58. The fourth-order valence-corrected chi connectivity index (χ4v) is 6.72. The average molecular weight is 500 g/mol. The van der Waals surface area contributed by atoms with Gasteiger partial charge in [-0.1, -0.05) is 18.2 Å². The SMILES string of the molecule is CCOc1cccc2c1C(=O)N(CCCCN1CCC(n3c(=O)oc4ccccc43)CC1)S2(=O)=O. The highest BCUT2D eigenvalue weighted by Crippen LogP contribution is 2.36. The minimum atomic E-state index is -3.85. The Hall–Kier alpha value is -3.11. The third-order valence-corrected chi connectivity index (χ3v) is 8.65. The van der Waals surface area contributed by atoms with Crippen LogP contribution < -0.4 is 10.5 Å². The summed E-state index contributed by atoms with van der Waals surface area (Å²) in [5.74, 6) is -0.509. The zero-order chi connectivity index (χ0) is 24.6. The number of amides is 1. The largest absolute Gasteiger partial charge is 0.493 e. The van der Waals surface area contributed by atoms with E-state index in [0.717, 1.165) is 48.7 Å². The quantitative estimate of drug-likeness (QED) is 0.439. The summed E-state index contributed by atoms with van der Waals surface area (Å²) in [7, 11) is -3.85. The van der Waals surface area contributed by atoms with Gasteiger partial charge in [-0.05, 0) is 63.4 Å². The van der Waals surface area contributed by atoms with E-state index in [0.29, 0.717) is 24.4 Å². The van der Waals surface area contributed by atoms with Crippen LogP contribution in [0.4, 0.5) is 0 Å². The normalized spacial score (nSPS) is 18.3. The molecule has 0 saturated carbocycles. The molecule has 0 unspecified atom stereocenters. The maximum atomic E-state index is 12.9. The number of sulfonamides is 1. The van der Waals surface area contributed by atoms with Crippen LogP contribution in [0.1, 0.15) is 49.0 Å². The first-order chi connectivity index (χ1) is 16.9. The first kappa shape index (κ1) is 23.6. The van der Waals surface area contributed by atoms with Gasteiger partial charge in [0.2, 0.25) is 0 Å². The van der Waals surface area contributed by atoms with Crippen molar-refractivity contribution in [3.8, 4) is 5.75 Å². The number of fused-ring (bicyclic) bond motifs is 2. The number of piperidine rings is 1. The van der Waals surface area contributed by atoms with Crippen molar-refractivity contribution >= 4 is 27.0 Å². The molecule has 10 heteroatoms. The van der Waals surface area contributed by atoms with Crippen LogP contribution in [0, 0.1) is 0 Å². The van der Waals surface area contributed by atoms with Crippen LogP contribution in [0.25, 0.3) is 11.1 Å². The lowest BCUT2D eigenvalue weighted by molar-refractivity contribution is 0.0864. The molecule has 9 nitrogen and oxygen atoms in total. The number of benzene rings is 2. The van der Waals surface area contributed by atoms with Gasteiger partial charge in [-0.15, -0.1) is 0 Å². The van der Waals surface area contributed by atoms with E-state index < -0.39 is 15.9 Å². The summed E-state index contributed by atoms with van der Waals surface area (Å²) in [5, 5.41) is 0. The Kier molecular flexibility index (Phi) is 6.41. The van der Waals surface area contributed by atoms with Gasteiger partial charge in [0.15, 0.2) is 5.58 Å². The van der Waals surface area contributed by atoms with E-state index in [9.17, 15) is 18.0 Å². The molecule has 2 aliphatic heterocycles. The van der Waals surface area contributed by atoms with Gasteiger partial charge in [0.25, 0.3) is 15.9 Å². The van der Waals surface area contributed by atoms with Crippen molar-refractivity contribution in [1.29, 1.82) is 0 Å². The molecule has 0 spiro atoms. The number of para-hydroxylation sites is 2. The zero-order valence-corrected chi connectivity index (χ0v) is 20.5. The van der Waals surface area contributed by atoms with Crippen molar-refractivity contribution in [2.75, 3.05) is 32.8 Å². The number of carbonyl (C=O) groups excluding carboxylic acids is 1. The lowest BCUT2D eigenvalue weighted by Crippen LogP contribution is -2.37. The van der Waals surface area contributed by atoms with Crippen molar-refractivity contribution in [3.63, 3.8) is 0 Å². The van der Waals surface area contributed by atoms with Crippen LogP contribution >= 0.6 is 0 Å². The summed E-state index contributed by atoms with van der Waals surface area (Å²) in [6, 6.07) is 12.3. The smallest absolute Gasteiger partial charge is 0.420 e. The molecular formula is C25H29N3O6S. The number of unbranched alkanes of at least 4 members (excludes halogenated alkanes) is 1. The van der Waals surface area contributed by atoms with E-state index in [2.05, 4.69) is 4.90 Å². The summed E-state index contributed by atoms with van der Waals surface area (Å²) in [4.78, 5) is 27.6. The molecule has 1 amide bonds. The van der Waals surface area contributed by atoms with Crippen molar-refractivity contribution < 1.29 is 22.4 Å². The zero-order valence-electron chi connectivity index (χ0n) is 19.7. The number of aromatic nitrogens is 1. The van der Waals surface area contributed by atoms with Crippen LogP contribution in [-0.2, 0) is 10.0 Å². The number of likely N-dealkylation sites (tertiary alicyclic amines) is 1. The maximum absolute atomic E-state index is 12.9. The predicted molar refractivity (Wildman–Crippen MR) is 130 cm³/mol. The number of ether oxygens (including phenoxy) is 1. The molecule has 0 aliphatic carbocycles. The van der Waals surface area contributed by atoms with Gasteiger partial charge in [-0.3, -0.25) is 9.36 Å². The van der Waals surface area contributed by atoms with Crippen molar-refractivity contribution in [1.82, 2.24) is 13.8 Å². The molecule has 0 radical (unpaired) electrons. The molecule has 35 heavy (non-hydrogen) atoms. The summed E-state index contributed by atoms with van der Waals surface area (Å²) in [6.07, 6.45) is 3.04. The van der Waals surface area contributed by atoms with Gasteiger partial charge in [0.1, 0.15) is 16.2 Å². The van der Waals surface area contributed by atoms with Crippen LogP contribution in [0.15, 0.2) is 56.6 Å². The summed E-state index contributed by atoms with van der Waals surface area (Å²) in [6.45, 7) is 4.80. The lowest BCUT2D eigenvalue weighted by Gasteiger charge is -2.32. The van der Waals surface area contributed by atoms with Gasteiger partial charge in [-0.25, -0.2) is 17.5 Å². The Bertz CT molecular complexity index is 1400. The summed E-state index contributed by atoms with van der Waals surface area (Å²) >= 11 is 0. The molecule has 0 N–H and O–H groups in total. The number of oxazole rings is 1. The summed E-state index contributed by atoms with van der Waals surface area (Å²) < 4.78 is 39.5. The van der Waals surface area contributed by atoms with Crippen LogP contribution in [0.3, 0.4) is 0 Å². The third kappa shape index (κ3) is 4.25. The molecule has 5 rings (SSSR count). The Balaban J connectivity index is 1.14. The molecule has 1 fully saturated rings. The lowest BCUT2D eigenvalue weighted by atomic mass is 10.0. The highest BCUT2D eigenvalue weighted by atomic mass is 32.2. The van der Waals surface area contributed by atoms with Crippen LogP contribution in [0.5, 0.6) is 5.75 Å². The van der Waals surface area contributed by atoms with E-state index in [1.54, 1.807) is 23.6 Å². The molecule has 1 saturated heterocycles. The maximum Gasteiger partial charge on any atom is 0.420 e. The van der Waals surface area contributed by atoms with Gasteiger partial charge in [0.05, 0.1) is 12.1 Å². The molecule has 186 valence electrons. The molecule has 2 aliphatic rings. The Morgan fingerprint density at radius 2 is 1.74 bits per heavy atom. The van der Waals surface area contributed by atoms with Crippen molar-refractivity contribution in [2.24, 2.45) is 0 Å². The van der Waals surface area contributed by atoms with Gasteiger partial charge in [0, 0.05) is 25.7 Å². The Labute approximate surface area is 203 Å². The van der Waals surface area contributed by atoms with Gasteiger partial charge in [-0.2, -0.15) is 0 Å². The topological polar surface area (TPSA) is 102 Å². The Morgan fingerprint density at radius 1 is 1.00 bits per heavy atom. The fourth-order valence-electron chi connectivity index (χ4n) is 5.11. The number of carbonyl (C=O) groups is 1. The Morgan fingerprint density at radius 3 is 2.51 bits per heavy atom.